The lowest BCUT2D eigenvalue weighted by Crippen LogP contribution is -2.33. The van der Waals surface area contributed by atoms with Crippen LogP contribution in [0.5, 0.6) is 0 Å². The second kappa shape index (κ2) is 4.94. The molecule has 0 bridgehead atoms. The molecule has 0 saturated carbocycles. The normalized spacial score (nSPS) is 21.4. The molecular formula is C11H14ClNO3S. The highest BCUT2D eigenvalue weighted by atomic mass is 35.5. The molecule has 17 heavy (non-hydrogen) atoms. The van der Waals surface area contributed by atoms with E-state index in [0.717, 1.165) is 18.4 Å². The Morgan fingerprint density at radius 3 is 2.76 bits per heavy atom. The van der Waals surface area contributed by atoms with Gasteiger partial charge in [-0.15, -0.1) is 0 Å². The van der Waals surface area contributed by atoms with Gasteiger partial charge >= 0.3 is 0 Å². The van der Waals surface area contributed by atoms with Gasteiger partial charge in [0.2, 0.25) is 0 Å². The van der Waals surface area contributed by atoms with Crippen LogP contribution in [0.25, 0.3) is 0 Å². The summed E-state index contributed by atoms with van der Waals surface area (Å²) >= 11 is 5.98. The van der Waals surface area contributed by atoms with Crippen LogP contribution in [0, 0.1) is 0 Å². The second-order valence-electron chi connectivity index (χ2n) is 4.03. The van der Waals surface area contributed by atoms with E-state index in [0.29, 0.717) is 13.2 Å². The number of benzene rings is 1. The summed E-state index contributed by atoms with van der Waals surface area (Å²) in [5, 5.41) is 3.46. The molecule has 6 heteroatoms. The predicted molar refractivity (Wildman–Crippen MR) is 66.1 cm³/mol. The average Bonchev–Trinajstić information content (AvgIpc) is 2.28. The summed E-state index contributed by atoms with van der Waals surface area (Å²) in [6.45, 7) is 2.20. The smallest absolute Gasteiger partial charge is 0.176 e. The van der Waals surface area contributed by atoms with Gasteiger partial charge in [0, 0.05) is 19.3 Å². The summed E-state index contributed by atoms with van der Waals surface area (Å²) in [6, 6.07) is 4.94. The van der Waals surface area contributed by atoms with Crippen LogP contribution in [0.3, 0.4) is 0 Å². The minimum Gasteiger partial charge on any atom is -0.371 e. The Balaban J connectivity index is 2.30. The molecule has 2 rings (SSSR count). The SMILES string of the molecule is CS(=O)(=O)c1ccc(C2CNCCO2)cc1Cl. The van der Waals surface area contributed by atoms with Crippen molar-refractivity contribution in [2.24, 2.45) is 0 Å². The molecule has 1 aromatic rings. The molecular weight excluding hydrogens is 262 g/mol. The summed E-state index contributed by atoms with van der Waals surface area (Å²) in [6.07, 6.45) is 1.09. The molecule has 1 unspecified atom stereocenters. The van der Waals surface area contributed by atoms with E-state index in [9.17, 15) is 8.42 Å². The zero-order valence-electron chi connectivity index (χ0n) is 9.44. The average molecular weight is 276 g/mol. The largest absolute Gasteiger partial charge is 0.371 e. The number of hydrogen-bond donors (Lipinski definition) is 1. The van der Waals surface area contributed by atoms with Gasteiger partial charge in [-0.1, -0.05) is 17.7 Å². The minimum atomic E-state index is -3.27. The van der Waals surface area contributed by atoms with Gasteiger partial charge in [-0.05, 0) is 17.7 Å². The molecule has 0 spiro atoms. The molecule has 1 aromatic carbocycles. The number of nitrogens with one attached hydrogen (secondary N) is 1. The van der Waals surface area contributed by atoms with Crippen LogP contribution in [0.1, 0.15) is 11.7 Å². The highest BCUT2D eigenvalue weighted by Crippen LogP contribution is 2.27. The van der Waals surface area contributed by atoms with Gasteiger partial charge in [-0.25, -0.2) is 8.42 Å². The van der Waals surface area contributed by atoms with E-state index < -0.39 is 9.84 Å². The molecule has 1 saturated heterocycles. The lowest BCUT2D eigenvalue weighted by atomic mass is 10.1. The van der Waals surface area contributed by atoms with Crippen LogP contribution >= 0.6 is 11.6 Å². The van der Waals surface area contributed by atoms with Crippen LogP contribution in [0.2, 0.25) is 5.02 Å². The van der Waals surface area contributed by atoms with E-state index in [2.05, 4.69) is 5.32 Å². The first-order valence-corrected chi connectivity index (χ1v) is 7.57. The molecule has 1 atom stereocenters. The summed E-state index contributed by atoms with van der Waals surface area (Å²) in [5.41, 5.74) is 0.898. The Labute approximate surface area is 106 Å². The summed E-state index contributed by atoms with van der Waals surface area (Å²) < 4.78 is 28.4. The molecule has 1 aliphatic rings. The van der Waals surface area contributed by atoms with Crippen LogP contribution < -0.4 is 5.32 Å². The first-order chi connectivity index (χ1) is 7.98. The zero-order valence-corrected chi connectivity index (χ0v) is 11.0. The Bertz CT molecular complexity index is 509. The van der Waals surface area contributed by atoms with Crippen molar-refractivity contribution < 1.29 is 13.2 Å². The molecule has 0 aromatic heterocycles. The summed E-state index contributed by atoms with van der Waals surface area (Å²) in [7, 11) is -3.27. The lowest BCUT2D eigenvalue weighted by Gasteiger charge is -2.24. The van der Waals surface area contributed by atoms with Gasteiger partial charge in [0.1, 0.15) is 0 Å². The third-order valence-electron chi connectivity index (χ3n) is 2.65. The molecule has 1 heterocycles. The van der Waals surface area contributed by atoms with Crippen molar-refractivity contribution in [3.8, 4) is 0 Å². The topological polar surface area (TPSA) is 55.4 Å². The van der Waals surface area contributed by atoms with Crippen LogP contribution in [0.15, 0.2) is 23.1 Å². The fraction of sp³-hybridized carbons (Fsp3) is 0.455. The Hall–Kier alpha value is -0.620. The van der Waals surface area contributed by atoms with Crippen molar-refractivity contribution in [1.29, 1.82) is 0 Å². The number of ether oxygens (including phenoxy) is 1. The van der Waals surface area contributed by atoms with E-state index in [1.165, 1.54) is 6.07 Å². The van der Waals surface area contributed by atoms with E-state index in [-0.39, 0.29) is 16.0 Å². The number of hydrogen-bond acceptors (Lipinski definition) is 4. The maximum atomic E-state index is 11.4. The highest BCUT2D eigenvalue weighted by Gasteiger charge is 2.18. The van der Waals surface area contributed by atoms with Crippen molar-refractivity contribution >= 4 is 21.4 Å². The van der Waals surface area contributed by atoms with Gasteiger partial charge in [0.05, 0.1) is 22.6 Å². The first-order valence-electron chi connectivity index (χ1n) is 5.30. The molecule has 0 amide bonds. The molecule has 0 radical (unpaired) electrons. The minimum absolute atomic E-state index is 0.0603. The van der Waals surface area contributed by atoms with Crippen LogP contribution in [0.4, 0.5) is 0 Å². The Morgan fingerprint density at radius 1 is 1.47 bits per heavy atom. The van der Waals surface area contributed by atoms with Crippen molar-refractivity contribution in [3.63, 3.8) is 0 Å². The van der Waals surface area contributed by atoms with Gasteiger partial charge in [-0.2, -0.15) is 0 Å². The van der Waals surface area contributed by atoms with Crippen molar-refractivity contribution in [3.05, 3.63) is 28.8 Å². The molecule has 1 aliphatic heterocycles. The third-order valence-corrected chi connectivity index (χ3v) is 4.23. The quantitative estimate of drug-likeness (QED) is 0.887. The van der Waals surface area contributed by atoms with Crippen LogP contribution in [-0.2, 0) is 14.6 Å². The number of morpholine rings is 1. The van der Waals surface area contributed by atoms with Gasteiger partial charge in [0.15, 0.2) is 9.84 Å². The van der Waals surface area contributed by atoms with E-state index in [1.807, 2.05) is 0 Å². The highest BCUT2D eigenvalue weighted by molar-refractivity contribution is 7.90. The Kier molecular flexibility index (Phi) is 3.73. The van der Waals surface area contributed by atoms with E-state index >= 15 is 0 Å². The van der Waals surface area contributed by atoms with E-state index in [1.54, 1.807) is 12.1 Å². The molecule has 94 valence electrons. The fourth-order valence-corrected chi connectivity index (χ4v) is 3.14. The monoisotopic (exact) mass is 275 g/mol. The van der Waals surface area contributed by atoms with Gasteiger partial charge < -0.3 is 10.1 Å². The van der Waals surface area contributed by atoms with E-state index in [4.69, 9.17) is 16.3 Å². The Morgan fingerprint density at radius 2 is 2.24 bits per heavy atom. The molecule has 0 aliphatic carbocycles. The summed E-state index contributed by atoms with van der Waals surface area (Å²) in [5.74, 6) is 0. The second-order valence-corrected chi connectivity index (χ2v) is 6.42. The lowest BCUT2D eigenvalue weighted by molar-refractivity contribution is 0.0277. The first kappa shape index (κ1) is 12.8. The molecule has 1 N–H and O–H groups in total. The van der Waals surface area contributed by atoms with Crippen molar-refractivity contribution in [1.82, 2.24) is 5.32 Å². The predicted octanol–water partition coefficient (Wildman–Crippen LogP) is 1.40. The van der Waals surface area contributed by atoms with Crippen molar-refractivity contribution in [2.45, 2.75) is 11.0 Å². The standard InChI is InChI=1S/C11H14ClNO3S/c1-17(14,15)11-3-2-8(6-9(11)12)10-7-13-4-5-16-10/h2-3,6,10,13H,4-5,7H2,1H3. The van der Waals surface area contributed by atoms with Crippen molar-refractivity contribution in [2.75, 3.05) is 26.0 Å². The number of sulfone groups is 1. The maximum Gasteiger partial charge on any atom is 0.176 e. The number of halogens is 1. The maximum absolute atomic E-state index is 11.4. The third kappa shape index (κ3) is 2.98. The fourth-order valence-electron chi connectivity index (χ4n) is 1.80. The van der Waals surface area contributed by atoms with Gasteiger partial charge in [0.25, 0.3) is 0 Å². The number of rotatable bonds is 2. The van der Waals surface area contributed by atoms with Crippen LogP contribution in [-0.4, -0.2) is 34.4 Å². The van der Waals surface area contributed by atoms with Gasteiger partial charge in [-0.3, -0.25) is 0 Å². The zero-order chi connectivity index (χ0) is 12.5. The molecule has 4 nitrogen and oxygen atoms in total. The molecule has 1 fully saturated rings. The summed E-state index contributed by atoms with van der Waals surface area (Å²) in [4.78, 5) is 0.159.